The molecule has 0 spiro atoms. The van der Waals surface area contributed by atoms with E-state index in [0.29, 0.717) is 11.3 Å². The summed E-state index contributed by atoms with van der Waals surface area (Å²) in [6.07, 6.45) is 0. The summed E-state index contributed by atoms with van der Waals surface area (Å²) >= 11 is 4.39. The Labute approximate surface area is 74.8 Å². The number of nitrogens with one attached hydrogen (secondary N) is 1. The van der Waals surface area contributed by atoms with E-state index in [1.165, 1.54) is 6.54 Å². The summed E-state index contributed by atoms with van der Waals surface area (Å²) in [5.41, 5.74) is 0. The van der Waals surface area contributed by atoms with Crippen LogP contribution in [0.1, 0.15) is 13.8 Å². The van der Waals surface area contributed by atoms with Crippen molar-refractivity contribution in [1.29, 1.82) is 0 Å². The lowest BCUT2D eigenvalue weighted by atomic mass is 10.2. The smallest absolute Gasteiger partial charge is 0.0193 e. The maximum atomic E-state index is 4.39. The molecule has 11 heavy (non-hydrogen) atoms. The van der Waals surface area contributed by atoms with Crippen LogP contribution in [0.5, 0.6) is 0 Å². The molecule has 1 N–H and O–H groups in total. The molecule has 0 bridgehead atoms. The summed E-state index contributed by atoms with van der Waals surface area (Å²) < 4.78 is 0. The topological polar surface area (TPSA) is 15.3 Å². The molecule has 1 fully saturated rings. The zero-order chi connectivity index (χ0) is 8.27. The molecule has 1 heterocycles. The van der Waals surface area contributed by atoms with Crippen LogP contribution in [-0.4, -0.2) is 42.4 Å². The van der Waals surface area contributed by atoms with Crippen LogP contribution in [0.3, 0.4) is 0 Å². The Kier molecular flexibility index (Phi) is 3.69. The van der Waals surface area contributed by atoms with Gasteiger partial charge in [0.1, 0.15) is 0 Å². The van der Waals surface area contributed by atoms with Crippen molar-refractivity contribution in [3.63, 3.8) is 0 Å². The highest BCUT2D eigenvalue weighted by Gasteiger charge is 2.17. The summed E-state index contributed by atoms with van der Waals surface area (Å²) in [6, 6.07) is 0.679. The highest BCUT2D eigenvalue weighted by atomic mass is 32.1. The predicted molar refractivity (Wildman–Crippen MR) is 52.4 cm³/mol. The summed E-state index contributed by atoms with van der Waals surface area (Å²) in [4.78, 5) is 2.49. The standard InChI is InChI=1S/C8H18N2S/c1-7-5-9-3-4-10(7)6-8(2)11/h7-9,11H,3-6H2,1-2H3. The van der Waals surface area contributed by atoms with Gasteiger partial charge in [-0.2, -0.15) is 12.6 Å². The van der Waals surface area contributed by atoms with Crippen molar-refractivity contribution >= 4 is 12.6 Å². The minimum atomic E-state index is 0.496. The molecular weight excluding hydrogens is 156 g/mol. The van der Waals surface area contributed by atoms with E-state index < -0.39 is 0 Å². The van der Waals surface area contributed by atoms with Crippen molar-refractivity contribution < 1.29 is 0 Å². The van der Waals surface area contributed by atoms with Crippen LogP contribution in [0, 0.1) is 0 Å². The summed E-state index contributed by atoms with van der Waals surface area (Å²) in [5, 5.41) is 3.87. The molecule has 1 aliphatic rings. The Morgan fingerprint density at radius 1 is 1.73 bits per heavy atom. The SMILES string of the molecule is CC(S)CN1CCNCC1C. The summed E-state index contributed by atoms with van der Waals surface area (Å²) in [6.45, 7) is 8.96. The molecule has 1 rings (SSSR count). The molecule has 0 aliphatic carbocycles. The van der Waals surface area contributed by atoms with E-state index in [-0.39, 0.29) is 0 Å². The Morgan fingerprint density at radius 3 is 3.00 bits per heavy atom. The predicted octanol–water partition coefficient (Wildman–Crippen LogP) is 0.598. The molecule has 0 radical (unpaired) electrons. The maximum Gasteiger partial charge on any atom is 0.0193 e. The van der Waals surface area contributed by atoms with Gasteiger partial charge in [-0.1, -0.05) is 6.92 Å². The molecule has 1 aliphatic heterocycles. The van der Waals surface area contributed by atoms with Gasteiger partial charge in [-0.25, -0.2) is 0 Å². The zero-order valence-corrected chi connectivity index (χ0v) is 8.27. The van der Waals surface area contributed by atoms with Gasteiger partial charge in [0.15, 0.2) is 0 Å². The van der Waals surface area contributed by atoms with Gasteiger partial charge in [0, 0.05) is 37.5 Å². The molecule has 0 aromatic carbocycles. The maximum absolute atomic E-state index is 4.39. The number of hydrogen-bond donors (Lipinski definition) is 2. The fourth-order valence-corrected chi connectivity index (χ4v) is 1.70. The molecule has 1 saturated heterocycles. The van der Waals surface area contributed by atoms with E-state index in [9.17, 15) is 0 Å². The summed E-state index contributed by atoms with van der Waals surface area (Å²) in [7, 11) is 0. The van der Waals surface area contributed by atoms with Crippen LogP contribution in [0.2, 0.25) is 0 Å². The zero-order valence-electron chi connectivity index (χ0n) is 7.38. The molecule has 66 valence electrons. The van der Waals surface area contributed by atoms with Crippen molar-refractivity contribution in [1.82, 2.24) is 10.2 Å². The average Bonchev–Trinajstić information content (AvgIpc) is 1.93. The quantitative estimate of drug-likeness (QED) is 0.596. The average molecular weight is 174 g/mol. The van der Waals surface area contributed by atoms with Crippen molar-refractivity contribution in [2.75, 3.05) is 26.2 Å². The normalized spacial score (nSPS) is 30.3. The van der Waals surface area contributed by atoms with Crippen LogP contribution >= 0.6 is 12.6 Å². The monoisotopic (exact) mass is 174 g/mol. The van der Waals surface area contributed by atoms with Gasteiger partial charge in [0.25, 0.3) is 0 Å². The molecule has 2 nitrogen and oxygen atoms in total. The lowest BCUT2D eigenvalue weighted by Crippen LogP contribution is -2.51. The van der Waals surface area contributed by atoms with Crippen molar-refractivity contribution in [3.8, 4) is 0 Å². The van der Waals surface area contributed by atoms with E-state index in [1.807, 2.05) is 0 Å². The lowest BCUT2D eigenvalue weighted by molar-refractivity contribution is 0.176. The first-order valence-electron chi connectivity index (χ1n) is 4.33. The minimum Gasteiger partial charge on any atom is -0.314 e. The molecule has 0 saturated carbocycles. The van der Waals surface area contributed by atoms with Crippen LogP contribution in [-0.2, 0) is 0 Å². The first-order valence-corrected chi connectivity index (χ1v) is 4.84. The minimum absolute atomic E-state index is 0.496. The molecule has 0 aromatic heterocycles. The van der Waals surface area contributed by atoms with E-state index in [0.717, 1.165) is 19.6 Å². The fourth-order valence-electron chi connectivity index (χ4n) is 1.49. The molecule has 2 unspecified atom stereocenters. The number of rotatable bonds is 2. The van der Waals surface area contributed by atoms with Crippen LogP contribution in [0.4, 0.5) is 0 Å². The fraction of sp³-hybridized carbons (Fsp3) is 1.00. The van der Waals surface area contributed by atoms with Crippen LogP contribution < -0.4 is 5.32 Å². The molecular formula is C8H18N2S. The Morgan fingerprint density at radius 2 is 2.45 bits per heavy atom. The second kappa shape index (κ2) is 4.33. The number of piperazine rings is 1. The van der Waals surface area contributed by atoms with Gasteiger partial charge in [-0.05, 0) is 6.92 Å². The van der Waals surface area contributed by atoms with Crippen molar-refractivity contribution in [3.05, 3.63) is 0 Å². The third-order valence-electron chi connectivity index (χ3n) is 2.14. The van der Waals surface area contributed by atoms with Gasteiger partial charge >= 0.3 is 0 Å². The van der Waals surface area contributed by atoms with E-state index >= 15 is 0 Å². The van der Waals surface area contributed by atoms with Crippen molar-refractivity contribution in [2.45, 2.75) is 25.1 Å². The van der Waals surface area contributed by atoms with Crippen LogP contribution in [0.25, 0.3) is 0 Å². The van der Waals surface area contributed by atoms with Gasteiger partial charge in [0.05, 0.1) is 0 Å². The first kappa shape index (κ1) is 9.36. The van der Waals surface area contributed by atoms with Gasteiger partial charge in [-0.15, -0.1) is 0 Å². The first-order chi connectivity index (χ1) is 5.20. The lowest BCUT2D eigenvalue weighted by Gasteiger charge is -2.34. The van der Waals surface area contributed by atoms with E-state index in [4.69, 9.17) is 0 Å². The number of nitrogens with zero attached hydrogens (tertiary/aromatic N) is 1. The van der Waals surface area contributed by atoms with Gasteiger partial charge in [-0.3, -0.25) is 4.90 Å². The third-order valence-corrected chi connectivity index (χ3v) is 2.30. The molecule has 0 aromatic rings. The number of hydrogen-bond acceptors (Lipinski definition) is 3. The highest BCUT2D eigenvalue weighted by molar-refractivity contribution is 7.80. The van der Waals surface area contributed by atoms with Crippen LogP contribution in [0.15, 0.2) is 0 Å². The Bertz CT molecular complexity index is 117. The summed E-state index contributed by atoms with van der Waals surface area (Å²) in [5.74, 6) is 0. The third kappa shape index (κ3) is 3.01. The van der Waals surface area contributed by atoms with Gasteiger partial charge < -0.3 is 5.32 Å². The highest BCUT2D eigenvalue weighted by Crippen LogP contribution is 2.05. The van der Waals surface area contributed by atoms with E-state index in [1.54, 1.807) is 0 Å². The Hall–Kier alpha value is 0.270. The number of thiol groups is 1. The Balaban J connectivity index is 2.29. The molecule has 0 amide bonds. The second-order valence-electron chi connectivity index (χ2n) is 3.40. The largest absolute Gasteiger partial charge is 0.314 e. The molecule has 2 atom stereocenters. The second-order valence-corrected chi connectivity index (χ2v) is 4.28. The van der Waals surface area contributed by atoms with E-state index in [2.05, 4.69) is 36.7 Å². The molecule has 3 heteroatoms. The van der Waals surface area contributed by atoms with Crippen molar-refractivity contribution in [2.24, 2.45) is 0 Å². The van der Waals surface area contributed by atoms with Gasteiger partial charge in [0.2, 0.25) is 0 Å².